The molecular weight excluding hydrogens is 356 g/mol. The van der Waals surface area contributed by atoms with Crippen LogP contribution in [-0.4, -0.2) is 11.1 Å². The first kappa shape index (κ1) is 20.4. The summed E-state index contributed by atoms with van der Waals surface area (Å²) in [5.74, 6) is 2.29. The Kier molecular flexibility index (Phi) is 4.24. The summed E-state index contributed by atoms with van der Waals surface area (Å²) in [7, 11) is 0. The molecule has 0 aromatic heterocycles. The Morgan fingerprint density at radius 2 is 1.45 bits per heavy atom. The molecule has 0 amide bonds. The summed E-state index contributed by atoms with van der Waals surface area (Å²) >= 11 is 0. The van der Waals surface area contributed by atoms with Crippen LogP contribution in [0.15, 0.2) is 0 Å². The van der Waals surface area contributed by atoms with Crippen molar-refractivity contribution in [1.29, 1.82) is 0 Å². The lowest BCUT2D eigenvalue weighted by molar-refractivity contribution is -0.235. The molecule has 5 aliphatic carbocycles. The molecule has 5 saturated carbocycles. The van der Waals surface area contributed by atoms with E-state index >= 15 is 0 Å². The average Bonchev–Trinajstić information content (AvgIpc) is 3.07. The van der Waals surface area contributed by atoms with E-state index in [-0.39, 0.29) is 5.41 Å². The smallest absolute Gasteiger partial charge is 0.309 e. The van der Waals surface area contributed by atoms with Crippen LogP contribution in [-0.2, 0) is 4.79 Å². The Hall–Kier alpha value is -0.530. The molecule has 5 rings (SSSR count). The van der Waals surface area contributed by atoms with Gasteiger partial charge in [0, 0.05) is 0 Å². The van der Waals surface area contributed by atoms with Crippen molar-refractivity contribution in [2.24, 2.45) is 50.7 Å². The van der Waals surface area contributed by atoms with E-state index in [0.717, 1.165) is 37.5 Å². The van der Waals surface area contributed by atoms with E-state index < -0.39 is 5.97 Å². The molecule has 0 saturated heterocycles. The third kappa shape index (κ3) is 2.33. The van der Waals surface area contributed by atoms with Crippen LogP contribution in [0.4, 0.5) is 0 Å². The maximum atomic E-state index is 12.4. The van der Waals surface area contributed by atoms with E-state index in [1.54, 1.807) is 0 Å². The summed E-state index contributed by atoms with van der Waals surface area (Å²) in [6.07, 6.45) is 15.0. The SMILES string of the molecule is CC1(C)CCCC2(C)C1CCC1(C)C2CCC2C3CCCC3(C(=O)O)CC[C@]21C. The third-order valence-corrected chi connectivity index (χ3v) is 12.5. The van der Waals surface area contributed by atoms with Gasteiger partial charge in [0.25, 0.3) is 0 Å². The van der Waals surface area contributed by atoms with Crippen LogP contribution in [0.3, 0.4) is 0 Å². The Bertz CT molecular complexity index is 711. The molecule has 7 unspecified atom stereocenters. The molecule has 2 heteroatoms. The average molecular weight is 401 g/mol. The highest BCUT2D eigenvalue weighted by atomic mass is 16.4. The van der Waals surface area contributed by atoms with Crippen LogP contribution in [0.1, 0.15) is 112 Å². The summed E-state index contributed by atoms with van der Waals surface area (Å²) in [6.45, 7) is 13.0. The predicted molar refractivity (Wildman–Crippen MR) is 118 cm³/mol. The zero-order valence-electron chi connectivity index (χ0n) is 19.7. The van der Waals surface area contributed by atoms with Gasteiger partial charge in [-0.3, -0.25) is 4.79 Å². The molecule has 2 nitrogen and oxygen atoms in total. The maximum absolute atomic E-state index is 12.4. The van der Waals surface area contributed by atoms with Gasteiger partial charge in [-0.2, -0.15) is 0 Å². The highest BCUT2D eigenvalue weighted by Crippen LogP contribution is 2.76. The number of hydrogen-bond donors (Lipinski definition) is 1. The molecule has 0 radical (unpaired) electrons. The van der Waals surface area contributed by atoms with Crippen LogP contribution in [0.2, 0.25) is 0 Å². The van der Waals surface area contributed by atoms with Crippen molar-refractivity contribution in [2.75, 3.05) is 0 Å². The normalized spacial score (nSPS) is 55.9. The number of carbonyl (C=O) groups is 1. The van der Waals surface area contributed by atoms with E-state index in [9.17, 15) is 9.90 Å². The number of rotatable bonds is 1. The lowest BCUT2D eigenvalue weighted by Crippen LogP contribution is -2.65. The van der Waals surface area contributed by atoms with E-state index in [1.165, 1.54) is 51.4 Å². The molecule has 0 aliphatic heterocycles. The fourth-order valence-electron chi connectivity index (χ4n) is 11.0. The number of aliphatic carboxylic acids is 1. The lowest BCUT2D eigenvalue weighted by Gasteiger charge is -2.72. The summed E-state index contributed by atoms with van der Waals surface area (Å²) in [5.41, 5.74) is 1.31. The quantitative estimate of drug-likeness (QED) is 0.501. The van der Waals surface area contributed by atoms with Gasteiger partial charge in [-0.1, -0.05) is 47.5 Å². The van der Waals surface area contributed by atoms with Crippen molar-refractivity contribution in [1.82, 2.24) is 0 Å². The van der Waals surface area contributed by atoms with Crippen molar-refractivity contribution in [3.63, 3.8) is 0 Å². The molecule has 8 atom stereocenters. The minimum absolute atomic E-state index is 0.333. The molecule has 0 spiro atoms. The van der Waals surface area contributed by atoms with Gasteiger partial charge in [0.1, 0.15) is 0 Å². The number of carboxylic acids is 1. The van der Waals surface area contributed by atoms with E-state index in [2.05, 4.69) is 34.6 Å². The second-order valence-electron chi connectivity index (χ2n) is 13.5. The number of fused-ring (bicyclic) bond motifs is 7. The summed E-state index contributed by atoms with van der Waals surface area (Å²) in [5, 5.41) is 10.2. The Morgan fingerprint density at radius 3 is 2.17 bits per heavy atom. The highest BCUT2D eigenvalue weighted by molar-refractivity contribution is 5.76. The molecule has 1 N–H and O–H groups in total. The van der Waals surface area contributed by atoms with Crippen LogP contribution in [0.5, 0.6) is 0 Å². The monoisotopic (exact) mass is 400 g/mol. The topological polar surface area (TPSA) is 37.3 Å². The fraction of sp³-hybridized carbons (Fsp3) is 0.963. The Morgan fingerprint density at radius 1 is 0.690 bits per heavy atom. The van der Waals surface area contributed by atoms with Crippen LogP contribution in [0.25, 0.3) is 0 Å². The third-order valence-electron chi connectivity index (χ3n) is 12.5. The first-order valence-corrected chi connectivity index (χ1v) is 12.7. The Balaban J connectivity index is 1.54. The predicted octanol–water partition coefficient (Wildman–Crippen LogP) is 7.32. The second kappa shape index (κ2) is 6.04. The summed E-state index contributed by atoms with van der Waals surface area (Å²) in [6, 6.07) is 0. The standard InChI is InChI=1S/C27H44O2/c1-23(2)12-7-13-24(3)20(23)11-15-26(5)21(24)10-9-18-19-8-6-14-27(19,22(28)29)17-16-25(18,26)4/h18-21H,6-17H2,1-5H3,(H,28,29)/t18?,19?,20?,21?,24?,25-,26?,27?/m1/s1. The molecule has 0 aromatic carbocycles. The van der Waals surface area contributed by atoms with Gasteiger partial charge >= 0.3 is 5.97 Å². The second-order valence-corrected chi connectivity index (χ2v) is 13.5. The van der Waals surface area contributed by atoms with E-state index in [4.69, 9.17) is 0 Å². The zero-order chi connectivity index (χ0) is 20.9. The van der Waals surface area contributed by atoms with Gasteiger partial charge in [-0.15, -0.1) is 0 Å². The molecule has 29 heavy (non-hydrogen) atoms. The molecule has 164 valence electrons. The van der Waals surface area contributed by atoms with E-state index in [1.807, 2.05) is 0 Å². The van der Waals surface area contributed by atoms with Gasteiger partial charge in [-0.05, 0) is 110 Å². The zero-order valence-corrected chi connectivity index (χ0v) is 19.7. The number of hydrogen-bond acceptors (Lipinski definition) is 1. The van der Waals surface area contributed by atoms with Crippen molar-refractivity contribution < 1.29 is 9.90 Å². The molecule has 0 aromatic rings. The van der Waals surface area contributed by atoms with Crippen molar-refractivity contribution in [2.45, 2.75) is 112 Å². The highest BCUT2D eigenvalue weighted by Gasteiger charge is 2.70. The van der Waals surface area contributed by atoms with Gasteiger partial charge in [0.15, 0.2) is 0 Å². The largest absolute Gasteiger partial charge is 0.481 e. The first-order chi connectivity index (χ1) is 13.5. The van der Waals surface area contributed by atoms with Gasteiger partial charge in [-0.25, -0.2) is 0 Å². The van der Waals surface area contributed by atoms with Crippen LogP contribution in [0, 0.1) is 50.7 Å². The molecule has 5 aliphatic rings. The summed E-state index contributed by atoms with van der Waals surface area (Å²) in [4.78, 5) is 12.4. The lowest BCUT2D eigenvalue weighted by atomic mass is 9.32. The minimum Gasteiger partial charge on any atom is -0.481 e. The van der Waals surface area contributed by atoms with Gasteiger partial charge < -0.3 is 5.11 Å². The van der Waals surface area contributed by atoms with Crippen molar-refractivity contribution in [3.05, 3.63) is 0 Å². The molecular formula is C27H44O2. The first-order valence-electron chi connectivity index (χ1n) is 12.7. The van der Waals surface area contributed by atoms with Gasteiger partial charge in [0.05, 0.1) is 5.41 Å². The van der Waals surface area contributed by atoms with E-state index in [0.29, 0.717) is 33.5 Å². The summed E-state index contributed by atoms with van der Waals surface area (Å²) < 4.78 is 0. The van der Waals surface area contributed by atoms with Crippen molar-refractivity contribution >= 4 is 5.97 Å². The fourth-order valence-corrected chi connectivity index (χ4v) is 11.0. The molecule has 0 bridgehead atoms. The molecule has 0 heterocycles. The van der Waals surface area contributed by atoms with Crippen LogP contribution >= 0.6 is 0 Å². The number of carboxylic acid groups (broad SMARTS) is 1. The van der Waals surface area contributed by atoms with Crippen molar-refractivity contribution in [3.8, 4) is 0 Å². The van der Waals surface area contributed by atoms with Crippen LogP contribution < -0.4 is 0 Å². The Labute approximate surface area is 178 Å². The maximum Gasteiger partial charge on any atom is 0.309 e. The molecule has 5 fully saturated rings. The van der Waals surface area contributed by atoms with Gasteiger partial charge in [0.2, 0.25) is 0 Å². The minimum atomic E-state index is -0.473.